The Morgan fingerprint density at radius 2 is 2.06 bits per heavy atom. The molecule has 1 rings (SSSR count). The number of nitrogens with one attached hydrogen (secondary N) is 1. The van der Waals surface area contributed by atoms with E-state index in [1.165, 1.54) is 14.2 Å². The van der Waals surface area contributed by atoms with E-state index in [2.05, 4.69) is 10.1 Å². The van der Waals surface area contributed by atoms with Gasteiger partial charge in [0, 0.05) is 12.6 Å². The largest absolute Gasteiger partial charge is 0.505 e. The highest BCUT2D eigenvalue weighted by molar-refractivity contribution is 5.42. The number of phenolic OH excluding ortho intramolecular Hbond substituents is 1. The molecule has 1 atom stereocenters. The lowest BCUT2D eigenvalue weighted by atomic mass is 10.1. The molecule has 4 nitrogen and oxygen atoms in total. The van der Waals surface area contributed by atoms with Gasteiger partial charge >= 0.3 is 0 Å². The van der Waals surface area contributed by atoms with Gasteiger partial charge in [-0.1, -0.05) is 0 Å². The Labute approximate surface area is 91.5 Å². The van der Waals surface area contributed by atoms with E-state index in [-0.39, 0.29) is 12.3 Å². The third-order valence-electron chi connectivity index (χ3n) is 2.13. The van der Waals surface area contributed by atoms with Crippen molar-refractivity contribution in [3.8, 4) is 11.5 Å². The predicted molar refractivity (Wildman–Crippen MR) is 53.5 cm³/mol. The number of ether oxygens (including phenoxy) is 1. The minimum absolute atomic E-state index is 0.0412. The summed E-state index contributed by atoms with van der Waals surface area (Å²) in [5.74, 6) is -3.27. The molecule has 0 saturated heterocycles. The maximum Gasteiger partial charge on any atom is 0.174 e. The first-order valence-corrected chi connectivity index (χ1v) is 4.60. The second kappa shape index (κ2) is 5.09. The van der Waals surface area contributed by atoms with Gasteiger partial charge in [-0.2, -0.15) is 0 Å². The van der Waals surface area contributed by atoms with E-state index in [9.17, 15) is 19.0 Å². The van der Waals surface area contributed by atoms with Gasteiger partial charge in [0.05, 0.1) is 18.8 Å². The number of aliphatic hydroxyl groups is 1. The fourth-order valence-corrected chi connectivity index (χ4v) is 1.35. The van der Waals surface area contributed by atoms with Gasteiger partial charge in [-0.05, 0) is 7.05 Å². The Balaban J connectivity index is 3.29. The summed E-state index contributed by atoms with van der Waals surface area (Å²) in [6, 6.07) is 0.820. The number of rotatable bonds is 4. The molecule has 0 heterocycles. The number of hydrogen-bond donors (Lipinski definition) is 3. The lowest BCUT2D eigenvalue weighted by Crippen LogP contribution is -2.19. The zero-order valence-electron chi connectivity index (χ0n) is 8.92. The maximum atomic E-state index is 13.6. The number of likely N-dealkylation sites (N-methyl/N-ethyl adjacent to an activating group) is 1. The Kier molecular flexibility index (Phi) is 4.03. The van der Waals surface area contributed by atoms with Crippen molar-refractivity contribution in [3.05, 3.63) is 23.3 Å². The van der Waals surface area contributed by atoms with Crippen LogP contribution >= 0.6 is 0 Å². The molecule has 3 N–H and O–H groups in total. The fourth-order valence-electron chi connectivity index (χ4n) is 1.35. The van der Waals surface area contributed by atoms with E-state index in [0.29, 0.717) is 0 Å². The number of benzene rings is 1. The minimum Gasteiger partial charge on any atom is -0.505 e. The van der Waals surface area contributed by atoms with Crippen molar-refractivity contribution in [3.63, 3.8) is 0 Å². The van der Waals surface area contributed by atoms with E-state index in [1.54, 1.807) is 0 Å². The van der Waals surface area contributed by atoms with Crippen molar-refractivity contribution in [2.24, 2.45) is 0 Å². The number of phenols is 1. The molecular weight excluding hydrogens is 220 g/mol. The summed E-state index contributed by atoms with van der Waals surface area (Å²) in [5, 5.41) is 21.3. The second-order valence-electron chi connectivity index (χ2n) is 3.21. The van der Waals surface area contributed by atoms with Gasteiger partial charge in [-0.3, -0.25) is 0 Å². The molecule has 16 heavy (non-hydrogen) atoms. The van der Waals surface area contributed by atoms with Gasteiger partial charge in [0.25, 0.3) is 0 Å². The van der Waals surface area contributed by atoms with E-state index >= 15 is 0 Å². The van der Waals surface area contributed by atoms with E-state index in [4.69, 9.17) is 0 Å². The summed E-state index contributed by atoms with van der Waals surface area (Å²) in [5.41, 5.74) is -0.605. The first-order chi connectivity index (χ1) is 7.52. The van der Waals surface area contributed by atoms with Crippen LogP contribution in [0.25, 0.3) is 0 Å². The highest BCUT2D eigenvalue weighted by Gasteiger charge is 2.24. The summed E-state index contributed by atoms with van der Waals surface area (Å²) in [7, 11) is 2.71. The summed E-state index contributed by atoms with van der Waals surface area (Å²) in [6.45, 7) is -0.0412. The van der Waals surface area contributed by atoms with Crippen LogP contribution in [0, 0.1) is 11.6 Å². The quantitative estimate of drug-likeness (QED) is 0.724. The lowest BCUT2D eigenvalue weighted by molar-refractivity contribution is 0.165. The normalized spacial score (nSPS) is 12.6. The Morgan fingerprint density at radius 3 is 2.56 bits per heavy atom. The van der Waals surface area contributed by atoms with Gasteiger partial charge < -0.3 is 20.3 Å². The van der Waals surface area contributed by atoms with Gasteiger partial charge in [0.1, 0.15) is 0 Å². The van der Waals surface area contributed by atoms with Gasteiger partial charge in [-0.15, -0.1) is 0 Å². The minimum atomic E-state index is -1.40. The Bertz CT molecular complexity index is 385. The van der Waals surface area contributed by atoms with E-state index in [0.717, 1.165) is 6.07 Å². The Hall–Kier alpha value is -1.40. The van der Waals surface area contributed by atoms with Crippen LogP contribution in [0.1, 0.15) is 11.7 Å². The fraction of sp³-hybridized carbons (Fsp3) is 0.400. The zero-order valence-corrected chi connectivity index (χ0v) is 8.92. The van der Waals surface area contributed by atoms with Crippen molar-refractivity contribution in [2.45, 2.75) is 6.10 Å². The first-order valence-electron chi connectivity index (χ1n) is 4.60. The molecular formula is C10H13F2NO3. The number of methoxy groups -OCH3 is 1. The van der Waals surface area contributed by atoms with Crippen molar-refractivity contribution in [1.82, 2.24) is 5.32 Å². The maximum absolute atomic E-state index is 13.6. The van der Waals surface area contributed by atoms with Crippen molar-refractivity contribution < 1.29 is 23.7 Å². The van der Waals surface area contributed by atoms with Crippen LogP contribution < -0.4 is 10.1 Å². The summed E-state index contributed by atoms with van der Waals surface area (Å²) in [4.78, 5) is 0. The smallest absolute Gasteiger partial charge is 0.174 e. The summed E-state index contributed by atoms with van der Waals surface area (Å²) >= 11 is 0. The summed E-state index contributed by atoms with van der Waals surface area (Å²) < 4.78 is 31.7. The lowest BCUT2D eigenvalue weighted by Gasteiger charge is -2.15. The number of halogens is 2. The monoisotopic (exact) mass is 233 g/mol. The number of aromatic hydroxyl groups is 1. The van der Waals surface area contributed by atoms with Crippen LogP contribution in [0.4, 0.5) is 8.78 Å². The molecule has 0 aliphatic rings. The molecule has 90 valence electrons. The van der Waals surface area contributed by atoms with Crippen LogP contribution in [-0.4, -0.2) is 30.9 Å². The van der Waals surface area contributed by atoms with Crippen LogP contribution in [-0.2, 0) is 0 Å². The van der Waals surface area contributed by atoms with Crippen molar-refractivity contribution in [2.75, 3.05) is 20.7 Å². The topological polar surface area (TPSA) is 61.7 Å². The molecule has 0 radical (unpaired) electrons. The van der Waals surface area contributed by atoms with Crippen LogP contribution in [0.5, 0.6) is 11.5 Å². The van der Waals surface area contributed by atoms with Crippen molar-refractivity contribution >= 4 is 0 Å². The zero-order chi connectivity index (χ0) is 12.3. The molecule has 1 aromatic carbocycles. The van der Waals surface area contributed by atoms with Crippen LogP contribution in [0.15, 0.2) is 6.07 Å². The first kappa shape index (κ1) is 12.7. The molecule has 0 spiro atoms. The molecule has 1 aromatic rings. The predicted octanol–water partition coefficient (Wildman–Crippen LogP) is 0.932. The average Bonchev–Trinajstić information content (AvgIpc) is 2.24. The van der Waals surface area contributed by atoms with Crippen LogP contribution in [0.3, 0.4) is 0 Å². The number of hydrogen-bond acceptors (Lipinski definition) is 4. The molecule has 0 saturated carbocycles. The third kappa shape index (κ3) is 2.23. The molecule has 0 amide bonds. The highest BCUT2D eigenvalue weighted by Crippen LogP contribution is 2.33. The summed E-state index contributed by atoms with van der Waals surface area (Å²) in [6.07, 6.45) is -1.40. The van der Waals surface area contributed by atoms with E-state index < -0.39 is 29.1 Å². The van der Waals surface area contributed by atoms with Gasteiger partial charge in [0.15, 0.2) is 23.1 Å². The SMILES string of the molecule is CNCC(O)c1c(F)c(O)cc(OC)c1F. The molecule has 6 heteroatoms. The molecule has 0 aromatic heterocycles. The molecule has 0 bridgehead atoms. The average molecular weight is 233 g/mol. The Morgan fingerprint density at radius 1 is 1.44 bits per heavy atom. The van der Waals surface area contributed by atoms with Gasteiger partial charge in [0.2, 0.25) is 0 Å². The molecule has 0 aliphatic carbocycles. The highest BCUT2D eigenvalue weighted by atomic mass is 19.1. The van der Waals surface area contributed by atoms with Crippen molar-refractivity contribution in [1.29, 1.82) is 0 Å². The second-order valence-corrected chi connectivity index (χ2v) is 3.21. The number of aliphatic hydroxyl groups excluding tert-OH is 1. The molecule has 0 fully saturated rings. The van der Waals surface area contributed by atoms with Gasteiger partial charge in [-0.25, -0.2) is 8.78 Å². The molecule has 0 aliphatic heterocycles. The molecule has 1 unspecified atom stereocenters. The third-order valence-corrected chi connectivity index (χ3v) is 2.13. The van der Waals surface area contributed by atoms with E-state index in [1.807, 2.05) is 0 Å². The van der Waals surface area contributed by atoms with Crippen LogP contribution in [0.2, 0.25) is 0 Å². The standard InChI is InChI=1S/C10H13F2NO3/c1-13-4-6(15)8-9(11)5(14)3-7(16-2)10(8)12/h3,6,13-15H,4H2,1-2H3.